The molecule has 158 valence electrons. The molecule has 0 aliphatic carbocycles. The van der Waals surface area contributed by atoms with E-state index in [4.69, 9.17) is 18.6 Å². The van der Waals surface area contributed by atoms with Crippen LogP contribution in [0, 0.1) is 13.8 Å². The van der Waals surface area contributed by atoms with Gasteiger partial charge in [-0.1, -0.05) is 19.9 Å². The van der Waals surface area contributed by atoms with Gasteiger partial charge < -0.3 is 18.6 Å². The average Bonchev–Trinajstić information content (AvgIpc) is 2.71. The fraction of sp³-hybridized carbons (Fsp3) is 0.333. The van der Waals surface area contributed by atoms with E-state index in [1.165, 1.54) is 6.26 Å². The third-order valence-electron chi connectivity index (χ3n) is 4.50. The van der Waals surface area contributed by atoms with Crippen molar-refractivity contribution < 1.29 is 23.4 Å². The van der Waals surface area contributed by atoms with Crippen molar-refractivity contribution in [2.24, 2.45) is 0 Å². The van der Waals surface area contributed by atoms with Gasteiger partial charge in [0.2, 0.25) is 11.2 Å². The SMILES string of the molecule is CCCOC(=O)[C@@H](CC)Oc1ccc2c(=O)c(Oc3cc(C)cc(C)c3)coc2c1. The number of aryl methyl sites for hydroxylation is 2. The van der Waals surface area contributed by atoms with Crippen molar-refractivity contribution in [2.75, 3.05) is 6.61 Å². The second-order valence-corrected chi connectivity index (χ2v) is 7.19. The van der Waals surface area contributed by atoms with Gasteiger partial charge in [-0.15, -0.1) is 0 Å². The van der Waals surface area contributed by atoms with E-state index in [2.05, 4.69) is 0 Å². The van der Waals surface area contributed by atoms with E-state index in [1.54, 1.807) is 18.2 Å². The van der Waals surface area contributed by atoms with E-state index < -0.39 is 12.1 Å². The van der Waals surface area contributed by atoms with Crippen molar-refractivity contribution in [1.29, 1.82) is 0 Å². The summed E-state index contributed by atoms with van der Waals surface area (Å²) in [4.78, 5) is 24.9. The zero-order valence-electron chi connectivity index (χ0n) is 17.7. The first-order chi connectivity index (χ1) is 14.4. The largest absolute Gasteiger partial charge is 0.479 e. The summed E-state index contributed by atoms with van der Waals surface area (Å²) in [6.07, 6.45) is 1.79. The third kappa shape index (κ3) is 5.00. The van der Waals surface area contributed by atoms with Crippen LogP contribution in [0.15, 0.2) is 51.9 Å². The first-order valence-corrected chi connectivity index (χ1v) is 10.1. The van der Waals surface area contributed by atoms with Gasteiger partial charge >= 0.3 is 5.97 Å². The minimum absolute atomic E-state index is 0.107. The molecule has 30 heavy (non-hydrogen) atoms. The molecule has 1 heterocycles. The molecule has 0 fully saturated rings. The molecule has 0 unspecified atom stereocenters. The molecule has 1 atom stereocenters. The Balaban J connectivity index is 1.83. The van der Waals surface area contributed by atoms with Crippen molar-refractivity contribution in [1.82, 2.24) is 0 Å². The minimum atomic E-state index is -0.715. The number of carbonyl (C=O) groups excluding carboxylic acids is 1. The van der Waals surface area contributed by atoms with Gasteiger partial charge in [-0.3, -0.25) is 4.79 Å². The van der Waals surface area contributed by atoms with Gasteiger partial charge in [-0.05, 0) is 62.1 Å². The zero-order valence-corrected chi connectivity index (χ0v) is 17.7. The predicted octanol–water partition coefficient (Wildman–Crippen LogP) is 5.31. The van der Waals surface area contributed by atoms with Gasteiger partial charge in [0.25, 0.3) is 0 Å². The monoisotopic (exact) mass is 410 g/mol. The molecule has 3 rings (SSSR count). The van der Waals surface area contributed by atoms with Crippen LogP contribution in [0.5, 0.6) is 17.2 Å². The topological polar surface area (TPSA) is 75.0 Å². The number of benzene rings is 2. The Morgan fingerprint density at radius 3 is 2.43 bits per heavy atom. The Morgan fingerprint density at radius 2 is 1.77 bits per heavy atom. The van der Waals surface area contributed by atoms with Gasteiger partial charge in [0.05, 0.1) is 12.0 Å². The summed E-state index contributed by atoms with van der Waals surface area (Å²) >= 11 is 0. The summed E-state index contributed by atoms with van der Waals surface area (Å²) in [6.45, 7) is 8.06. The second-order valence-electron chi connectivity index (χ2n) is 7.19. The highest BCUT2D eigenvalue weighted by molar-refractivity contribution is 5.79. The third-order valence-corrected chi connectivity index (χ3v) is 4.50. The van der Waals surface area contributed by atoms with Crippen molar-refractivity contribution in [2.45, 2.75) is 46.6 Å². The van der Waals surface area contributed by atoms with E-state index in [-0.39, 0.29) is 11.2 Å². The molecule has 6 heteroatoms. The van der Waals surface area contributed by atoms with Crippen LogP contribution < -0.4 is 14.9 Å². The van der Waals surface area contributed by atoms with E-state index in [0.717, 1.165) is 17.5 Å². The first kappa shape index (κ1) is 21.4. The molecule has 1 aromatic heterocycles. The van der Waals surface area contributed by atoms with Gasteiger partial charge in [0.15, 0.2) is 6.10 Å². The van der Waals surface area contributed by atoms with Crippen LogP contribution in [-0.2, 0) is 9.53 Å². The van der Waals surface area contributed by atoms with Crippen molar-refractivity contribution in [3.63, 3.8) is 0 Å². The summed E-state index contributed by atoms with van der Waals surface area (Å²) in [5.41, 5.74) is 2.15. The summed E-state index contributed by atoms with van der Waals surface area (Å²) < 4.78 is 22.3. The summed E-state index contributed by atoms with van der Waals surface area (Å²) in [5, 5.41) is 0.367. The summed E-state index contributed by atoms with van der Waals surface area (Å²) in [6, 6.07) is 10.6. The van der Waals surface area contributed by atoms with Crippen LogP contribution in [0.3, 0.4) is 0 Å². The summed E-state index contributed by atoms with van der Waals surface area (Å²) in [5.74, 6) is 0.707. The lowest BCUT2D eigenvalue weighted by atomic mass is 10.1. The molecule has 0 aliphatic heterocycles. The molecular formula is C24H26O6. The average molecular weight is 410 g/mol. The molecule has 2 aromatic carbocycles. The lowest BCUT2D eigenvalue weighted by molar-refractivity contribution is -0.152. The molecule has 0 spiro atoms. The molecule has 0 bridgehead atoms. The highest BCUT2D eigenvalue weighted by Crippen LogP contribution is 2.26. The fourth-order valence-corrected chi connectivity index (χ4v) is 3.11. The molecule has 3 aromatic rings. The van der Waals surface area contributed by atoms with Crippen LogP contribution in [0.2, 0.25) is 0 Å². The van der Waals surface area contributed by atoms with Crippen molar-refractivity contribution in [3.05, 3.63) is 64.0 Å². The highest BCUT2D eigenvalue weighted by atomic mass is 16.6. The Bertz CT molecular complexity index is 1080. The zero-order chi connectivity index (χ0) is 21.7. The van der Waals surface area contributed by atoms with E-state index >= 15 is 0 Å². The molecule has 0 saturated heterocycles. The number of carbonyl (C=O) groups is 1. The van der Waals surface area contributed by atoms with Gasteiger partial charge in [-0.2, -0.15) is 0 Å². The fourth-order valence-electron chi connectivity index (χ4n) is 3.11. The van der Waals surface area contributed by atoms with Crippen LogP contribution in [0.4, 0.5) is 0 Å². The molecular weight excluding hydrogens is 384 g/mol. The number of hydrogen-bond donors (Lipinski definition) is 0. The maximum atomic E-state index is 12.8. The Kier molecular flexibility index (Phi) is 6.77. The van der Waals surface area contributed by atoms with Gasteiger partial charge in [0, 0.05) is 6.07 Å². The predicted molar refractivity (Wildman–Crippen MR) is 114 cm³/mol. The Labute approximate surface area is 175 Å². The maximum absolute atomic E-state index is 12.8. The maximum Gasteiger partial charge on any atom is 0.347 e. The quantitative estimate of drug-likeness (QED) is 0.468. The second kappa shape index (κ2) is 9.48. The Morgan fingerprint density at radius 1 is 1.03 bits per heavy atom. The van der Waals surface area contributed by atoms with E-state index in [1.807, 2.05) is 45.9 Å². The number of ether oxygens (including phenoxy) is 3. The Hall–Kier alpha value is -3.28. The minimum Gasteiger partial charge on any atom is -0.479 e. The van der Waals surface area contributed by atoms with Crippen LogP contribution in [0.25, 0.3) is 11.0 Å². The van der Waals surface area contributed by atoms with Gasteiger partial charge in [-0.25, -0.2) is 4.79 Å². The molecule has 6 nitrogen and oxygen atoms in total. The van der Waals surface area contributed by atoms with E-state index in [0.29, 0.717) is 35.5 Å². The summed E-state index contributed by atoms with van der Waals surface area (Å²) in [7, 11) is 0. The molecule has 0 N–H and O–H groups in total. The standard InChI is InChI=1S/C24H26O6/c1-5-9-27-24(26)20(6-2)29-17-7-8-19-21(13-17)28-14-22(23(19)25)30-18-11-15(3)10-16(4)12-18/h7-8,10-14,20H,5-6,9H2,1-4H3/t20-/m1/s1. The molecule has 0 amide bonds. The van der Waals surface area contributed by atoms with Crippen molar-refractivity contribution in [3.8, 4) is 17.2 Å². The number of fused-ring (bicyclic) bond motifs is 1. The van der Waals surface area contributed by atoms with E-state index in [9.17, 15) is 9.59 Å². The molecule has 0 saturated carbocycles. The van der Waals surface area contributed by atoms with Crippen LogP contribution in [0.1, 0.15) is 37.8 Å². The van der Waals surface area contributed by atoms with Crippen molar-refractivity contribution >= 4 is 16.9 Å². The smallest absolute Gasteiger partial charge is 0.347 e. The normalized spacial score (nSPS) is 11.9. The van der Waals surface area contributed by atoms with Crippen LogP contribution >= 0.6 is 0 Å². The van der Waals surface area contributed by atoms with Gasteiger partial charge in [0.1, 0.15) is 23.3 Å². The lowest BCUT2D eigenvalue weighted by Crippen LogP contribution is -2.28. The molecule has 0 aliphatic rings. The van der Waals surface area contributed by atoms with Crippen LogP contribution in [-0.4, -0.2) is 18.7 Å². The lowest BCUT2D eigenvalue weighted by Gasteiger charge is -2.16. The highest BCUT2D eigenvalue weighted by Gasteiger charge is 2.20. The number of rotatable bonds is 8. The number of esters is 1. The number of hydrogen-bond acceptors (Lipinski definition) is 6. The molecule has 0 radical (unpaired) electrons. The first-order valence-electron chi connectivity index (χ1n) is 10.1.